The van der Waals surface area contributed by atoms with Crippen LogP contribution in [0.3, 0.4) is 0 Å². The highest BCUT2D eigenvalue weighted by Gasteiger charge is 2.71. The summed E-state index contributed by atoms with van der Waals surface area (Å²) in [4.78, 5) is 0. The summed E-state index contributed by atoms with van der Waals surface area (Å²) >= 11 is 0. The van der Waals surface area contributed by atoms with Crippen molar-refractivity contribution in [1.82, 2.24) is 0 Å². The highest BCUT2D eigenvalue weighted by Crippen LogP contribution is 2.73. The minimum Gasteiger partial charge on any atom is -0.394 e. The second-order valence-corrected chi connectivity index (χ2v) is 40.0. The summed E-state index contributed by atoms with van der Waals surface area (Å²) in [5.74, 6) is 6.63. The molecule has 0 bridgehead atoms. The summed E-state index contributed by atoms with van der Waals surface area (Å²) in [6.07, 6.45) is -15.3. The zero-order valence-corrected chi connectivity index (χ0v) is 68.4. The molecule has 31 nitrogen and oxygen atoms in total. The van der Waals surface area contributed by atoms with Crippen molar-refractivity contribution >= 4 is 0 Å². The Hall–Kier alpha value is -1.24. The molecule has 18 N–H and O–H groups in total. The van der Waals surface area contributed by atoms with Crippen molar-refractivity contribution in [2.45, 2.75) is 374 Å². The number of hydrogen-bond donors (Lipinski definition) is 18. The third-order valence-electron chi connectivity index (χ3n) is 34.0. The number of ether oxygens (including phenoxy) is 13. The van der Waals surface area contributed by atoms with Crippen molar-refractivity contribution in [2.75, 3.05) is 46.2 Å². The summed E-state index contributed by atoms with van der Waals surface area (Å²) < 4.78 is 79.7. The Labute approximate surface area is 675 Å². The fourth-order valence-corrected chi connectivity index (χ4v) is 27.5. The molecule has 0 amide bonds. The fourth-order valence-electron chi connectivity index (χ4n) is 27.5. The van der Waals surface area contributed by atoms with Gasteiger partial charge in [0.1, 0.15) is 122 Å². The number of fused-ring (bicyclic) bond motifs is 14. The Morgan fingerprint density at radius 3 is 1.30 bits per heavy atom. The summed E-state index contributed by atoms with van der Waals surface area (Å²) in [6.45, 7) is 17.4. The van der Waals surface area contributed by atoms with Crippen LogP contribution in [0.4, 0.5) is 0 Å². The van der Waals surface area contributed by atoms with E-state index in [2.05, 4.69) is 55.4 Å². The molecule has 115 heavy (non-hydrogen) atoms. The van der Waals surface area contributed by atoms with Crippen LogP contribution in [-0.4, -0.2) is 328 Å². The van der Waals surface area contributed by atoms with Crippen molar-refractivity contribution in [1.29, 1.82) is 0 Å². The van der Waals surface area contributed by atoms with Gasteiger partial charge in [0.05, 0.1) is 70.2 Å². The topological polar surface area (TPSA) is 484 Å². The van der Waals surface area contributed by atoms with E-state index in [1.54, 1.807) is 0 Å². The maximum absolute atomic E-state index is 11.2. The number of aliphatic hydroxyl groups excluding tert-OH is 18. The Kier molecular flexibility index (Phi) is 26.9. The first-order valence-electron chi connectivity index (χ1n) is 44.1. The Bertz CT molecular complexity index is 3170. The molecular weight excluding hydrogens is 1500 g/mol. The normalized spacial score (nSPS) is 56.9. The van der Waals surface area contributed by atoms with E-state index in [1.165, 1.54) is 25.7 Å². The lowest BCUT2D eigenvalue weighted by Gasteiger charge is -2.61. The maximum atomic E-state index is 11.2. The van der Waals surface area contributed by atoms with Crippen molar-refractivity contribution in [3.05, 3.63) is 0 Å². The van der Waals surface area contributed by atoms with E-state index in [9.17, 15) is 91.9 Å². The van der Waals surface area contributed by atoms with Gasteiger partial charge in [-0.25, -0.2) is 0 Å². The van der Waals surface area contributed by atoms with Crippen molar-refractivity contribution < 1.29 is 153 Å². The second kappa shape index (κ2) is 34.9. The Balaban J connectivity index is 0.000000184. The quantitative estimate of drug-likeness (QED) is 0.0776. The van der Waals surface area contributed by atoms with Gasteiger partial charge in [-0.2, -0.15) is 0 Å². The van der Waals surface area contributed by atoms with Gasteiger partial charge in [-0.1, -0.05) is 55.4 Å². The predicted molar refractivity (Wildman–Crippen MR) is 401 cm³/mol. The smallest absolute Gasteiger partial charge is 0.187 e. The monoisotopic (exact) mass is 1640 g/mol. The molecule has 49 atom stereocenters. The average Bonchev–Trinajstić information content (AvgIpc) is 1.55. The molecule has 8 aliphatic heterocycles. The van der Waals surface area contributed by atoms with Gasteiger partial charge in [0, 0.05) is 18.9 Å². The molecule has 41 unspecified atom stereocenters. The molecule has 8 saturated heterocycles. The molecular formula is C84H140O31. The lowest BCUT2D eigenvalue weighted by atomic mass is 9.44. The van der Waals surface area contributed by atoms with Gasteiger partial charge in [-0.05, 0) is 221 Å². The van der Waals surface area contributed by atoms with E-state index in [0.29, 0.717) is 83.5 Å². The number of aliphatic hydroxyl groups is 18. The first-order chi connectivity index (χ1) is 54.7. The number of rotatable bonds is 19. The standard InChI is InChI=1S/C45H76O18.C39H64O13/c1-19(18-57-39-30(17-48)60-41(56)37(54)36(39)53)5-8-26-20(2)31-27(59-26)14-25-23-7-6-21-13-22(9-11-44(21,3)24(23)10-12-45(25,31)4)58-43-40(35(52)33(50)29(16-47)62-43)63-42-38(55)34(51)32(49)28(15-46)61-42;1-18-7-12-39(47-17-18)19(2)28-25(52-39)14-24-22-6-5-20-13-21(8-10-37(20,3)23(22)9-11-38(24,28)4)48-36-34(32(45)30(43)27(16-41)50-36)51-35-33(46)31(44)29(42)26(15-40)49-35/h19-43,46-56H,5-18H2,1-4H3;18-36,40-46H,5-17H2,1-4H3/t19?,20-,21?,22?,23?,24?,25?,26?,27?,28?,29?,30?,31+,32?,33?,34?,35?,36?,37?,38?,39?,40?,41?,42?,43?,44+,45+;18?,19-,20?,21?,22?,23?,24?,25?,26?,27?,28-,29?,30?,31?,32?,33?,34?,35?,36?,37-,38-,39?/m10/s1. The first-order valence-corrected chi connectivity index (χ1v) is 44.1. The predicted octanol–water partition coefficient (Wildman–Crippen LogP) is 0.343. The van der Waals surface area contributed by atoms with Gasteiger partial charge in [0.15, 0.2) is 37.2 Å². The molecule has 0 aromatic heterocycles. The van der Waals surface area contributed by atoms with E-state index in [0.717, 1.165) is 109 Å². The van der Waals surface area contributed by atoms with Crippen LogP contribution >= 0.6 is 0 Å². The molecule has 662 valence electrons. The zero-order valence-electron chi connectivity index (χ0n) is 68.4. The molecule has 31 heteroatoms. The van der Waals surface area contributed by atoms with Crippen LogP contribution in [0.5, 0.6) is 0 Å². The molecule has 8 heterocycles. The van der Waals surface area contributed by atoms with Crippen LogP contribution in [0.15, 0.2) is 0 Å². The molecule has 8 saturated carbocycles. The minimum atomic E-state index is -1.74. The largest absolute Gasteiger partial charge is 0.394 e. The molecule has 16 rings (SSSR count). The van der Waals surface area contributed by atoms with Gasteiger partial charge in [0.25, 0.3) is 0 Å². The zero-order chi connectivity index (χ0) is 82.2. The molecule has 0 aromatic rings. The van der Waals surface area contributed by atoms with Gasteiger partial charge in [0.2, 0.25) is 0 Å². The van der Waals surface area contributed by atoms with Gasteiger partial charge >= 0.3 is 0 Å². The SMILES string of the molecule is CC(CCC1OC2CC3C4CCC5CC(OC6OC(CO)C(O)C(O)C6OC6OC(CO)C(O)C(O)C6O)CC[C@]5(C)C4CC[C@]3(C)[C@H]2[C@@H]1C)COC1C(CO)OC(O)C(O)C1O.CC1CCC2(OC1)OC1CC3C4CCC5CC(OC6OC(CO)C(O)C(O)C6OC6OC(CO)C(O)C(O)C6O)CC[C@]5(C)C4CC[C@]3(C)[C@H]1[C@@H]2C. The van der Waals surface area contributed by atoms with Gasteiger partial charge in [-0.3, -0.25) is 0 Å². The van der Waals surface area contributed by atoms with Crippen molar-refractivity contribution in [3.8, 4) is 0 Å². The lowest BCUT2D eigenvalue weighted by molar-refractivity contribution is -0.373. The van der Waals surface area contributed by atoms with E-state index in [-0.39, 0.29) is 58.1 Å². The van der Waals surface area contributed by atoms with Gasteiger partial charge in [-0.15, -0.1) is 0 Å². The number of hydrogen-bond acceptors (Lipinski definition) is 31. The van der Waals surface area contributed by atoms with Gasteiger partial charge < -0.3 is 153 Å². The third kappa shape index (κ3) is 15.8. The summed E-state index contributed by atoms with van der Waals surface area (Å²) in [5.41, 5.74) is 0.713. The highest BCUT2D eigenvalue weighted by molar-refractivity contribution is 5.18. The summed E-state index contributed by atoms with van der Waals surface area (Å²) in [6, 6.07) is 0. The van der Waals surface area contributed by atoms with Crippen molar-refractivity contribution in [2.24, 2.45) is 105 Å². The average molecular weight is 1650 g/mol. The highest BCUT2D eigenvalue weighted by atomic mass is 16.8. The molecule has 16 aliphatic rings. The van der Waals surface area contributed by atoms with Crippen LogP contribution in [0.1, 0.15) is 184 Å². The molecule has 0 radical (unpaired) electrons. The Morgan fingerprint density at radius 2 is 0.826 bits per heavy atom. The van der Waals surface area contributed by atoms with E-state index < -0.39 is 192 Å². The lowest BCUT2D eigenvalue weighted by Crippen LogP contribution is -2.65. The molecule has 8 aliphatic carbocycles. The summed E-state index contributed by atoms with van der Waals surface area (Å²) in [5, 5.41) is 186. The minimum absolute atomic E-state index is 0.104. The maximum Gasteiger partial charge on any atom is 0.187 e. The van der Waals surface area contributed by atoms with Crippen LogP contribution in [-0.2, 0) is 61.6 Å². The fraction of sp³-hybridized carbons (Fsp3) is 1.00. The van der Waals surface area contributed by atoms with Crippen LogP contribution in [0.25, 0.3) is 0 Å². The van der Waals surface area contributed by atoms with E-state index in [4.69, 9.17) is 61.6 Å². The van der Waals surface area contributed by atoms with Crippen LogP contribution < -0.4 is 0 Å². The van der Waals surface area contributed by atoms with Crippen LogP contribution in [0, 0.1) is 105 Å². The molecule has 1 spiro atoms. The summed E-state index contributed by atoms with van der Waals surface area (Å²) in [7, 11) is 0. The second-order valence-electron chi connectivity index (χ2n) is 40.0. The first kappa shape index (κ1) is 88.6. The molecule has 16 fully saturated rings. The van der Waals surface area contributed by atoms with Crippen LogP contribution in [0.2, 0.25) is 0 Å². The Morgan fingerprint density at radius 1 is 0.383 bits per heavy atom. The van der Waals surface area contributed by atoms with E-state index in [1.807, 2.05) is 0 Å². The molecule has 0 aromatic carbocycles. The van der Waals surface area contributed by atoms with Crippen molar-refractivity contribution in [3.63, 3.8) is 0 Å². The third-order valence-corrected chi connectivity index (χ3v) is 34.0. The van der Waals surface area contributed by atoms with E-state index >= 15 is 0 Å².